The van der Waals surface area contributed by atoms with Gasteiger partial charge in [-0.2, -0.15) is 0 Å². The summed E-state index contributed by atoms with van der Waals surface area (Å²) in [7, 11) is 0. The molecular weight excluding hydrogens is 246 g/mol. The molecule has 4 amide bonds. The van der Waals surface area contributed by atoms with E-state index in [0.717, 1.165) is 16.8 Å². The lowest BCUT2D eigenvalue weighted by molar-refractivity contribution is -0.124. The molecule has 0 spiro atoms. The first-order valence-corrected chi connectivity index (χ1v) is 5.95. The summed E-state index contributed by atoms with van der Waals surface area (Å²) in [4.78, 5) is 34.2. The molecule has 1 atom stereocenters. The van der Waals surface area contributed by atoms with Gasteiger partial charge in [0.2, 0.25) is 5.91 Å². The number of carbonyl (C=O) groups is 3. The molecule has 3 N–H and O–H groups in total. The van der Waals surface area contributed by atoms with Gasteiger partial charge in [-0.1, -0.05) is 18.2 Å². The molecule has 1 aromatic carbocycles. The number of aryl methyl sites for hydroxylation is 2. The number of carbonyl (C=O) groups excluding carboxylic acids is 3. The first-order chi connectivity index (χ1) is 8.97. The van der Waals surface area contributed by atoms with Crippen LogP contribution in [0.1, 0.15) is 17.5 Å². The average Bonchev–Trinajstić information content (AvgIpc) is 2.63. The first-order valence-electron chi connectivity index (χ1n) is 5.95. The summed E-state index contributed by atoms with van der Waals surface area (Å²) in [6.07, 6.45) is -0.0780. The van der Waals surface area contributed by atoms with Crippen molar-refractivity contribution < 1.29 is 14.4 Å². The molecule has 1 aliphatic heterocycles. The fourth-order valence-corrected chi connectivity index (χ4v) is 1.99. The lowest BCUT2D eigenvalue weighted by atomic mass is 10.1. The second kappa shape index (κ2) is 5.09. The fraction of sp³-hybridized carbons (Fsp3) is 0.308. The zero-order valence-electron chi connectivity index (χ0n) is 10.7. The van der Waals surface area contributed by atoms with Crippen molar-refractivity contribution in [3.05, 3.63) is 29.3 Å². The molecule has 6 heteroatoms. The first kappa shape index (κ1) is 13.1. The van der Waals surface area contributed by atoms with Gasteiger partial charge in [-0.3, -0.25) is 14.9 Å². The number of anilines is 1. The Hall–Kier alpha value is -2.37. The van der Waals surface area contributed by atoms with Gasteiger partial charge in [-0.15, -0.1) is 0 Å². The lowest BCUT2D eigenvalue weighted by Crippen LogP contribution is -2.33. The van der Waals surface area contributed by atoms with Crippen molar-refractivity contribution in [1.29, 1.82) is 0 Å². The zero-order valence-corrected chi connectivity index (χ0v) is 10.7. The number of benzene rings is 1. The third kappa shape index (κ3) is 2.90. The van der Waals surface area contributed by atoms with Gasteiger partial charge in [-0.25, -0.2) is 4.79 Å². The molecule has 1 heterocycles. The number of nitrogens with one attached hydrogen (secondary N) is 3. The van der Waals surface area contributed by atoms with Crippen LogP contribution in [-0.2, 0) is 9.59 Å². The summed E-state index contributed by atoms with van der Waals surface area (Å²) in [6, 6.07) is 4.34. The maximum Gasteiger partial charge on any atom is 0.322 e. The van der Waals surface area contributed by atoms with Crippen LogP contribution in [0.25, 0.3) is 0 Å². The van der Waals surface area contributed by atoms with Gasteiger partial charge in [0.1, 0.15) is 6.04 Å². The highest BCUT2D eigenvalue weighted by Gasteiger charge is 2.31. The van der Waals surface area contributed by atoms with Crippen LogP contribution in [0.2, 0.25) is 0 Å². The van der Waals surface area contributed by atoms with E-state index < -0.39 is 18.0 Å². The van der Waals surface area contributed by atoms with Gasteiger partial charge < -0.3 is 10.6 Å². The molecule has 19 heavy (non-hydrogen) atoms. The summed E-state index contributed by atoms with van der Waals surface area (Å²) in [5.74, 6) is -0.776. The van der Waals surface area contributed by atoms with Crippen molar-refractivity contribution in [3.8, 4) is 0 Å². The van der Waals surface area contributed by atoms with Gasteiger partial charge >= 0.3 is 6.03 Å². The molecule has 0 aromatic heterocycles. The van der Waals surface area contributed by atoms with Gasteiger partial charge in [0.05, 0.1) is 6.42 Å². The van der Waals surface area contributed by atoms with Crippen LogP contribution in [0.5, 0.6) is 0 Å². The van der Waals surface area contributed by atoms with Gasteiger partial charge in [0.15, 0.2) is 0 Å². The van der Waals surface area contributed by atoms with Gasteiger partial charge in [-0.05, 0) is 25.0 Å². The molecule has 1 fully saturated rings. The van der Waals surface area contributed by atoms with E-state index >= 15 is 0 Å². The minimum absolute atomic E-state index is 0.0780. The van der Waals surface area contributed by atoms with E-state index in [1.54, 1.807) is 0 Å². The van der Waals surface area contributed by atoms with Gasteiger partial charge in [0, 0.05) is 5.69 Å². The maximum absolute atomic E-state index is 11.9. The second-order valence-corrected chi connectivity index (χ2v) is 4.53. The van der Waals surface area contributed by atoms with Gasteiger partial charge in [0.25, 0.3) is 5.91 Å². The molecule has 1 aliphatic rings. The minimum atomic E-state index is -0.795. The van der Waals surface area contributed by atoms with Crippen LogP contribution < -0.4 is 16.0 Å². The van der Waals surface area contributed by atoms with E-state index in [2.05, 4.69) is 16.0 Å². The summed E-state index contributed by atoms with van der Waals surface area (Å²) in [5.41, 5.74) is 2.65. The van der Waals surface area contributed by atoms with Crippen LogP contribution in [0.4, 0.5) is 10.5 Å². The number of hydrogen-bond acceptors (Lipinski definition) is 3. The molecule has 1 saturated heterocycles. The Morgan fingerprint density at radius 1 is 1.26 bits per heavy atom. The lowest BCUT2D eigenvalue weighted by Gasteiger charge is -2.12. The van der Waals surface area contributed by atoms with E-state index in [1.807, 2.05) is 32.0 Å². The van der Waals surface area contributed by atoms with E-state index in [-0.39, 0.29) is 12.3 Å². The SMILES string of the molecule is Cc1cccc(C)c1NC(=O)CC1NC(=O)NC1=O. The predicted molar refractivity (Wildman–Crippen MR) is 69.6 cm³/mol. The number of imide groups is 1. The number of hydrogen-bond donors (Lipinski definition) is 3. The molecule has 1 aromatic rings. The van der Waals surface area contributed by atoms with Crippen molar-refractivity contribution in [2.45, 2.75) is 26.3 Å². The Morgan fingerprint density at radius 2 is 1.89 bits per heavy atom. The summed E-state index contributed by atoms with van der Waals surface area (Å²) in [6.45, 7) is 3.79. The number of urea groups is 1. The van der Waals surface area contributed by atoms with E-state index in [9.17, 15) is 14.4 Å². The highest BCUT2D eigenvalue weighted by molar-refractivity contribution is 6.07. The topological polar surface area (TPSA) is 87.3 Å². The van der Waals surface area contributed by atoms with Crippen molar-refractivity contribution >= 4 is 23.5 Å². The maximum atomic E-state index is 11.9. The third-order valence-corrected chi connectivity index (χ3v) is 2.99. The molecule has 2 rings (SSSR count). The summed E-state index contributed by atoms with van der Waals surface area (Å²) < 4.78 is 0. The molecule has 0 saturated carbocycles. The highest BCUT2D eigenvalue weighted by Crippen LogP contribution is 2.19. The van der Waals surface area contributed by atoms with Crippen LogP contribution in [0.3, 0.4) is 0 Å². The quantitative estimate of drug-likeness (QED) is 0.705. The Kier molecular flexibility index (Phi) is 3.50. The molecule has 100 valence electrons. The van der Waals surface area contributed by atoms with Crippen molar-refractivity contribution in [2.75, 3.05) is 5.32 Å². The standard InChI is InChI=1S/C13H15N3O3/c1-7-4-3-5-8(2)11(7)15-10(17)6-9-12(18)16-13(19)14-9/h3-5,9H,6H2,1-2H3,(H,15,17)(H2,14,16,18,19). The van der Waals surface area contributed by atoms with Crippen LogP contribution >= 0.6 is 0 Å². The zero-order chi connectivity index (χ0) is 14.0. The summed E-state index contributed by atoms with van der Waals surface area (Å²) in [5, 5.41) is 7.25. The Morgan fingerprint density at radius 3 is 2.42 bits per heavy atom. The Labute approximate surface area is 110 Å². The third-order valence-electron chi connectivity index (χ3n) is 2.99. The number of para-hydroxylation sites is 1. The minimum Gasteiger partial charge on any atom is -0.326 e. The largest absolute Gasteiger partial charge is 0.326 e. The van der Waals surface area contributed by atoms with Crippen molar-refractivity contribution in [2.24, 2.45) is 0 Å². The van der Waals surface area contributed by atoms with Crippen LogP contribution in [0, 0.1) is 13.8 Å². The van der Waals surface area contributed by atoms with E-state index in [0.29, 0.717) is 0 Å². The summed E-state index contributed by atoms with van der Waals surface area (Å²) >= 11 is 0. The normalized spacial score (nSPS) is 17.9. The monoisotopic (exact) mass is 261 g/mol. The van der Waals surface area contributed by atoms with E-state index in [4.69, 9.17) is 0 Å². The highest BCUT2D eigenvalue weighted by atomic mass is 16.2. The smallest absolute Gasteiger partial charge is 0.322 e. The molecule has 6 nitrogen and oxygen atoms in total. The number of amides is 4. The number of rotatable bonds is 3. The molecule has 0 bridgehead atoms. The van der Waals surface area contributed by atoms with Crippen molar-refractivity contribution in [1.82, 2.24) is 10.6 Å². The predicted octanol–water partition coefficient (Wildman–Crippen LogP) is 0.840. The average molecular weight is 261 g/mol. The Bertz CT molecular complexity index is 534. The van der Waals surface area contributed by atoms with Crippen LogP contribution in [-0.4, -0.2) is 23.9 Å². The molecule has 1 unspecified atom stereocenters. The Balaban J connectivity index is 2.02. The second-order valence-electron chi connectivity index (χ2n) is 4.53. The van der Waals surface area contributed by atoms with Crippen LogP contribution in [0.15, 0.2) is 18.2 Å². The van der Waals surface area contributed by atoms with Crippen molar-refractivity contribution in [3.63, 3.8) is 0 Å². The van der Waals surface area contributed by atoms with E-state index in [1.165, 1.54) is 0 Å². The fourth-order valence-electron chi connectivity index (χ4n) is 1.99. The molecule has 0 aliphatic carbocycles. The molecule has 0 radical (unpaired) electrons. The molecular formula is C13H15N3O3.